The molecule has 0 aliphatic heterocycles. The molecule has 0 bridgehead atoms. The molecule has 0 aliphatic rings. The van der Waals surface area contributed by atoms with Gasteiger partial charge in [0.2, 0.25) is 0 Å². The Hall–Kier alpha value is -3.33. The molecule has 2 aromatic rings. The van der Waals surface area contributed by atoms with Gasteiger partial charge in [-0.15, -0.1) is 0 Å². The van der Waals surface area contributed by atoms with Gasteiger partial charge in [-0.2, -0.15) is 5.26 Å². The molecule has 128 valence electrons. The number of ether oxygens (including phenoxy) is 2. The number of hydrogen-bond donors (Lipinski definition) is 1. The van der Waals surface area contributed by atoms with Gasteiger partial charge in [0.15, 0.2) is 6.61 Å². The molecule has 0 spiro atoms. The van der Waals surface area contributed by atoms with Crippen molar-refractivity contribution in [1.82, 2.24) is 5.32 Å². The van der Waals surface area contributed by atoms with Crippen LogP contribution in [0.25, 0.3) is 0 Å². The molecule has 0 aromatic heterocycles. The number of hydrogen-bond acceptors (Lipinski definition) is 5. The lowest BCUT2D eigenvalue weighted by Crippen LogP contribution is -2.43. The van der Waals surface area contributed by atoms with Crippen LogP contribution in [0.1, 0.15) is 11.1 Å². The van der Waals surface area contributed by atoms with Gasteiger partial charge in [-0.1, -0.05) is 60.7 Å². The van der Waals surface area contributed by atoms with Crippen molar-refractivity contribution >= 4 is 12.1 Å². The highest BCUT2D eigenvalue weighted by Crippen LogP contribution is 2.06. The highest BCUT2D eigenvalue weighted by Gasteiger charge is 2.23. The molecular weight excluding hydrogens is 320 g/mol. The summed E-state index contributed by atoms with van der Waals surface area (Å²) in [4.78, 5) is 24.1. The second-order valence-corrected chi connectivity index (χ2v) is 5.21. The van der Waals surface area contributed by atoms with E-state index in [1.54, 1.807) is 6.07 Å². The lowest BCUT2D eigenvalue weighted by Gasteiger charge is -2.17. The minimum absolute atomic E-state index is 0.0952. The molecule has 0 radical (unpaired) electrons. The van der Waals surface area contributed by atoms with Gasteiger partial charge in [0.25, 0.3) is 0 Å². The van der Waals surface area contributed by atoms with E-state index in [4.69, 9.17) is 14.7 Å². The summed E-state index contributed by atoms with van der Waals surface area (Å²) in [5, 5.41) is 11.0. The molecule has 2 aromatic carbocycles. The summed E-state index contributed by atoms with van der Waals surface area (Å²) >= 11 is 0. The summed E-state index contributed by atoms with van der Waals surface area (Å²) < 4.78 is 9.95. The van der Waals surface area contributed by atoms with Gasteiger partial charge in [0, 0.05) is 6.42 Å². The van der Waals surface area contributed by atoms with E-state index in [9.17, 15) is 9.59 Å². The smallest absolute Gasteiger partial charge is 0.408 e. The number of alkyl carbamates (subject to hydrolysis) is 1. The van der Waals surface area contributed by atoms with E-state index in [0.29, 0.717) is 0 Å². The molecule has 0 aliphatic carbocycles. The largest absolute Gasteiger partial charge is 0.449 e. The number of benzene rings is 2. The zero-order valence-electron chi connectivity index (χ0n) is 13.6. The number of nitrogens with zero attached hydrogens (tertiary/aromatic N) is 1. The summed E-state index contributed by atoms with van der Waals surface area (Å²) in [7, 11) is 0. The predicted molar refractivity (Wildman–Crippen MR) is 90.3 cm³/mol. The lowest BCUT2D eigenvalue weighted by molar-refractivity contribution is -0.144. The van der Waals surface area contributed by atoms with Crippen molar-refractivity contribution in [3.05, 3.63) is 71.8 Å². The quantitative estimate of drug-likeness (QED) is 0.784. The number of nitrogens with one attached hydrogen (secondary N) is 1. The van der Waals surface area contributed by atoms with Gasteiger partial charge in [0.05, 0.1) is 0 Å². The maximum atomic E-state index is 12.1. The fourth-order valence-corrected chi connectivity index (χ4v) is 2.15. The van der Waals surface area contributed by atoms with Crippen LogP contribution < -0.4 is 5.32 Å². The van der Waals surface area contributed by atoms with E-state index in [1.165, 1.54) is 0 Å². The zero-order chi connectivity index (χ0) is 17.9. The number of carbonyl (C=O) groups is 2. The number of esters is 1. The van der Waals surface area contributed by atoms with Crippen molar-refractivity contribution in [3.8, 4) is 6.07 Å². The topological polar surface area (TPSA) is 88.4 Å². The third-order valence-electron chi connectivity index (χ3n) is 3.35. The van der Waals surface area contributed by atoms with Gasteiger partial charge in [-0.25, -0.2) is 9.59 Å². The SMILES string of the molecule is N#CCOC(=O)[C@H](Cc1ccccc1)NC(=O)OCc1ccccc1. The Bertz CT molecular complexity index is 726. The van der Waals surface area contributed by atoms with Crippen LogP contribution in [0.2, 0.25) is 0 Å². The zero-order valence-corrected chi connectivity index (χ0v) is 13.6. The van der Waals surface area contributed by atoms with Crippen LogP contribution in [-0.2, 0) is 27.3 Å². The van der Waals surface area contributed by atoms with Crippen molar-refractivity contribution in [2.75, 3.05) is 6.61 Å². The van der Waals surface area contributed by atoms with Crippen molar-refractivity contribution in [2.45, 2.75) is 19.1 Å². The van der Waals surface area contributed by atoms with Gasteiger partial charge < -0.3 is 14.8 Å². The fraction of sp³-hybridized carbons (Fsp3) is 0.211. The maximum Gasteiger partial charge on any atom is 0.408 e. The summed E-state index contributed by atoms with van der Waals surface area (Å²) in [6, 6.07) is 19.2. The summed E-state index contributed by atoms with van der Waals surface area (Å²) in [5.41, 5.74) is 1.69. The van der Waals surface area contributed by atoms with Gasteiger partial charge in [0.1, 0.15) is 18.7 Å². The minimum Gasteiger partial charge on any atom is -0.449 e. The molecule has 0 saturated heterocycles. The Morgan fingerprint density at radius 3 is 2.16 bits per heavy atom. The Labute approximate surface area is 146 Å². The van der Waals surface area contributed by atoms with Crippen LogP contribution in [0.5, 0.6) is 0 Å². The highest BCUT2D eigenvalue weighted by atomic mass is 16.6. The molecule has 1 atom stereocenters. The first-order valence-electron chi connectivity index (χ1n) is 7.74. The average molecular weight is 338 g/mol. The molecule has 6 heteroatoms. The maximum absolute atomic E-state index is 12.1. The van der Waals surface area contributed by atoms with E-state index in [2.05, 4.69) is 5.32 Å². The van der Waals surface area contributed by atoms with Crippen molar-refractivity contribution in [2.24, 2.45) is 0 Å². The molecule has 6 nitrogen and oxygen atoms in total. The Balaban J connectivity index is 1.95. The number of rotatable bonds is 7. The van der Waals surface area contributed by atoms with Crippen LogP contribution in [0.4, 0.5) is 4.79 Å². The van der Waals surface area contributed by atoms with Gasteiger partial charge >= 0.3 is 12.1 Å². The van der Waals surface area contributed by atoms with Gasteiger partial charge in [-0.05, 0) is 11.1 Å². The lowest BCUT2D eigenvalue weighted by atomic mass is 10.1. The van der Waals surface area contributed by atoms with Crippen LogP contribution in [-0.4, -0.2) is 24.7 Å². The summed E-state index contributed by atoms with van der Waals surface area (Å²) in [6.07, 6.45) is -0.482. The van der Waals surface area contributed by atoms with Crippen molar-refractivity contribution < 1.29 is 19.1 Å². The second kappa shape index (κ2) is 9.73. The molecular formula is C19H18N2O4. The molecule has 2 rings (SSSR count). The van der Waals surface area contributed by atoms with Crippen LogP contribution in [0.15, 0.2) is 60.7 Å². The third-order valence-corrected chi connectivity index (χ3v) is 3.35. The highest BCUT2D eigenvalue weighted by molar-refractivity contribution is 5.81. The summed E-state index contributed by atoms with van der Waals surface area (Å²) in [6.45, 7) is -0.275. The Morgan fingerprint density at radius 1 is 0.960 bits per heavy atom. The average Bonchev–Trinajstić information content (AvgIpc) is 2.65. The fourth-order valence-electron chi connectivity index (χ4n) is 2.15. The van der Waals surface area contributed by atoms with Crippen LogP contribution >= 0.6 is 0 Å². The standard InChI is InChI=1S/C19H18N2O4/c20-11-12-24-18(22)17(13-15-7-3-1-4-8-15)21-19(23)25-14-16-9-5-2-6-10-16/h1-10,17H,12-14H2,(H,21,23)/t17-/m0/s1. The minimum atomic E-state index is -0.931. The molecule has 0 saturated carbocycles. The third kappa shape index (κ3) is 6.36. The number of carbonyl (C=O) groups excluding carboxylic acids is 2. The van der Waals surface area contributed by atoms with Crippen LogP contribution in [0.3, 0.4) is 0 Å². The molecule has 0 heterocycles. The first-order valence-corrected chi connectivity index (χ1v) is 7.74. The number of amides is 1. The molecule has 1 amide bonds. The Morgan fingerprint density at radius 2 is 1.56 bits per heavy atom. The first-order chi connectivity index (χ1) is 12.2. The predicted octanol–water partition coefficient (Wildman–Crippen LogP) is 2.59. The van der Waals surface area contributed by atoms with Crippen LogP contribution in [0, 0.1) is 11.3 Å². The van der Waals surface area contributed by atoms with E-state index in [0.717, 1.165) is 11.1 Å². The van der Waals surface area contributed by atoms with E-state index in [-0.39, 0.29) is 19.6 Å². The van der Waals surface area contributed by atoms with E-state index >= 15 is 0 Å². The van der Waals surface area contributed by atoms with E-state index < -0.39 is 18.1 Å². The van der Waals surface area contributed by atoms with E-state index in [1.807, 2.05) is 60.7 Å². The second-order valence-electron chi connectivity index (χ2n) is 5.21. The molecule has 0 unspecified atom stereocenters. The Kier molecular flexibility index (Phi) is 7.01. The molecule has 25 heavy (non-hydrogen) atoms. The van der Waals surface area contributed by atoms with Crippen molar-refractivity contribution in [1.29, 1.82) is 5.26 Å². The first kappa shape index (κ1) is 18.0. The number of nitriles is 1. The monoisotopic (exact) mass is 338 g/mol. The molecule has 1 N–H and O–H groups in total. The normalized spacial score (nSPS) is 11.0. The van der Waals surface area contributed by atoms with Gasteiger partial charge in [-0.3, -0.25) is 0 Å². The molecule has 0 fully saturated rings. The van der Waals surface area contributed by atoms with Crippen molar-refractivity contribution in [3.63, 3.8) is 0 Å². The summed E-state index contributed by atoms with van der Waals surface area (Å²) in [5.74, 6) is -0.679.